The van der Waals surface area contributed by atoms with Gasteiger partial charge in [-0.3, -0.25) is 4.79 Å². The summed E-state index contributed by atoms with van der Waals surface area (Å²) in [5.41, 5.74) is 4.23. The van der Waals surface area contributed by atoms with Crippen LogP contribution in [0, 0.1) is 0 Å². The van der Waals surface area contributed by atoms with Crippen LogP contribution in [0.3, 0.4) is 0 Å². The maximum atomic E-state index is 13.1. The number of nitrogens with one attached hydrogen (secondary N) is 1. The zero-order valence-electron chi connectivity index (χ0n) is 16.0. The number of benzene rings is 1. The summed E-state index contributed by atoms with van der Waals surface area (Å²) in [6.45, 7) is 0.967. The Labute approximate surface area is 169 Å². The summed E-state index contributed by atoms with van der Waals surface area (Å²) in [5, 5.41) is 14.4. The van der Waals surface area contributed by atoms with E-state index in [0.717, 1.165) is 22.0 Å². The highest BCUT2D eigenvalue weighted by molar-refractivity contribution is 5.91. The minimum atomic E-state index is -1.47. The van der Waals surface area contributed by atoms with E-state index in [2.05, 4.69) is 5.32 Å². The molecular weight excluding hydrogens is 390 g/mol. The maximum absolute atomic E-state index is 13.1. The van der Waals surface area contributed by atoms with E-state index in [1.165, 1.54) is 0 Å². The smallest absolute Gasteiger partial charge is 0.340 e. The zero-order chi connectivity index (χ0) is 20.6. The van der Waals surface area contributed by atoms with Crippen molar-refractivity contribution in [2.24, 2.45) is 0 Å². The molecule has 3 aromatic rings. The second-order valence-corrected chi connectivity index (χ2v) is 7.54. The summed E-state index contributed by atoms with van der Waals surface area (Å²) in [5.74, 6) is 0.549. The van der Waals surface area contributed by atoms with E-state index >= 15 is 0 Å². The first-order chi connectivity index (χ1) is 14.6. The Morgan fingerprint density at radius 2 is 1.97 bits per heavy atom. The van der Waals surface area contributed by atoms with Crippen LogP contribution in [0.4, 0.5) is 0 Å². The van der Waals surface area contributed by atoms with Gasteiger partial charge in [-0.2, -0.15) is 0 Å². The van der Waals surface area contributed by atoms with Gasteiger partial charge in [0.25, 0.3) is 5.56 Å². The number of aliphatic hydroxyl groups excluding tert-OH is 1. The first-order valence-electron chi connectivity index (χ1n) is 9.58. The van der Waals surface area contributed by atoms with Crippen LogP contribution in [0.25, 0.3) is 22.3 Å². The summed E-state index contributed by atoms with van der Waals surface area (Å²) in [7, 11) is 1.86. The highest BCUT2D eigenvalue weighted by atomic mass is 16.7. The molecule has 3 aliphatic rings. The van der Waals surface area contributed by atoms with Gasteiger partial charge in [0.1, 0.15) is 6.61 Å². The van der Waals surface area contributed by atoms with Crippen molar-refractivity contribution in [3.8, 4) is 22.9 Å². The van der Waals surface area contributed by atoms with Crippen LogP contribution >= 0.6 is 0 Å². The summed E-state index contributed by atoms with van der Waals surface area (Å²) >= 11 is 0. The molecule has 1 atom stereocenters. The Hall–Kier alpha value is -3.43. The fourth-order valence-corrected chi connectivity index (χ4v) is 4.48. The zero-order valence-corrected chi connectivity index (χ0v) is 16.0. The molecule has 9 nitrogen and oxygen atoms in total. The molecule has 0 amide bonds. The van der Waals surface area contributed by atoms with Gasteiger partial charge in [0.05, 0.1) is 29.0 Å². The van der Waals surface area contributed by atoms with Crippen LogP contribution in [-0.4, -0.2) is 34.5 Å². The number of fused-ring (bicyclic) bond motifs is 6. The lowest BCUT2D eigenvalue weighted by Crippen LogP contribution is -2.32. The van der Waals surface area contributed by atoms with Crippen LogP contribution in [0.1, 0.15) is 28.4 Å². The average molecular weight is 407 g/mol. The Balaban J connectivity index is 1.64. The largest absolute Gasteiger partial charge is 0.458 e. The molecule has 30 heavy (non-hydrogen) atoms. The third-order valence-electron chi connectivity index (χ3n) is 5.92. The Morgan fingerprint density at radius 1 is 1.17 bits per heavy atom. The van der Waals surface area contributed by atoms with Gasteiger partial charge in [-0.05, 0) is 24.7 Å². The van der Waals surface area contributed by atoms with E-state index in [1.54, 1.807) is 10.6 Å². The number of nitrogens with zero attached hydrogens (tertiary/aromatic N) is 2. The number of hydrogen-bond donors (Lipinski definition) is 2. The number of pyridine rings is 2. The number of carbonyl (C=O) groups excluding carboxylic acids is 1. The molecule has 3 aliphatic heterocycles. The highest BCUT2D eigenvalue weighted by Crippen LogP contribution is 2.42. The Kier molecular flexibility index (Phi) is 3.51. The first kappa shape index (κ1) is 17.4. The van der Waals surface area contributed by atoms with E-state index in [-0.39, 0.29) is 24.5 Å². The van der Waals surface area contributed by atoms with Gasteiger partial charge < -0.3 is 29.2 Å². The van der Waals surface area contributed by atoms with Crippen molar-refractivity contribution in [3.63, 3.8) is 0 Å². The minimum Gasteiger partial charge on any atom is -0.458 e. The molecule has 0 saturated heterocycles. The van der Waals surface area contributed by atoms with Crippen molar-refractivity contribution in [1.82, 2.24) is 14.9 Å². The molecule has 2 N–H and O–H groups in total. The van der Waals surface area contributed by atoms with Crippen LogP contribution in [0.5, 0.6) is 11.5 Å². The fourth-order valence-electron chi connectivity index (χ4n) is 4.48. The lowest BCUT2D eigenvalue weighted by molar-refractivity contribution is -0.157. The van der Waals surface area contributed by atoms with E-state index in [1.807, 2.05) is 19.2 Å². The molecule has 0 bridgehead atoms. The average Bonchev–Trinajstić information content (AvgIpc) is 3.34. The van der Waals surface area contributed by atoms with Gasteiger partial charge in [0.2, 0.25) is 6.79 Å². The number of aromatic nitrogens is 2. The number of esters is 1. The maximum Gasteiger partial charge on any atom is 0.340 e. The lowest BCUT2D eigenvalue weighted by Gasteiger charge is -2.21. The van der Waals surface area contributed by atoms with Gasteiger partial charge in [-0.1, -0.05) is 0 Å². The van der Waals surface area contributed by atoms with E-state index in [4.69, 9.17) is 19.2 Å². The molecule has 6 rings (SSSR count). The predicted octanol–water partition coefficient (Wildman–Crippen LogP) is 0.963. The van der Waals surface area contributed by atoms with Crippen molar-refractivity contribution in [1.29, 1.82) is 0 Å². The lowest BCUT2D eigenvalue weighted by atomic mass is 9.98. The second kappa shape index (κ2) is 6.04. The standard InChI is InChI=1S/C21H17N3O6/c1-22-5-11-9-3-16-17(30-8-29-16)4-14(9)23-18-12(11)6-24-15(18)2-10-13(20(24)26)7-28-21(27)19(10)25/h2-4,19,22,25H,5-8H2,1H3. The van der Waals surface area contributed by atoms with Gasteiger partial charge in [-0.25, -0.2) is 9.78 Å². The van der Waals surface area contributed by atoms with Crippen molar-refractivity contribution >= 4 is 16.9 Å². The van der Waals surface area contributed by atoms with E-state index < -0.39 is 12.1 Å². The molecule has 152 valence electrons. The van der Waals surface area contributed by atoms with Gasteiger partial charge >= 0.3 is 5.97 Å². The van der Waals surface area contributed by atoms with Crippen LogP contribution in [0.15, 0.2) is 23.0 Å². The molecule has 0 spiro atoms. The summed E-state index contributed by atoms with van der Waals surface area (Å²) in [6.07, 6.45) is -1.47. The second-order valence-electron chi connectivity index (χ2n) is 7.54. The number of cyclic esters (lactones) is 1. The number of rotatable bonds is 2. The van der Waals surface area contributed by atoms with Crippen molar-refractivity contribution in [2.45, 2.75) is 25.8 Å². The van der Waals surface area contributed by atoms with Gasteiger partial charge in [0.15, 0.2) is 17.6 Å². The van der Waals surface area contributed by atoms with Crippen molar-refractivity contribution in [3.05, 3.63) is 50.8 Å². The Morgan fingerprint density at radius 3 is 2.77 bits per heavy atom. The normalized spacial score (nSPS) is 18.2. The SMILES string of the molecule is CNCc1c2c(nc3cc4c(cc13)OCO4)-c1cc3c(c(=O)n1C2)COC(=O)C3O. The number of aliphatic hydroxyl groups is 1. The molecule has 1 aromatic carbocycles. The molecule has 5 heterocycles. The monoisotopic (exact) mass is 407 g/mol. The summed E-state index contributed by atoms with van der Waals surface area (Å²) in [4.78, 5) is 29.8. The van der Waals surface area contributed by atoms with Crippen LogP contribution < -0.4 is 20.3 Å². The summed E-state index contributed by atoms with van der Waals surface area (Å²) < 4.78 is 17.6. The minimum absolute atomic E-state index is 0.138. The third-order valence-corrected chi connectivity index (χ3v) is 5.92. The first-order valence-corrected chi connectivity index (χ1v) is 9.58. The number of hydrogen-bond acceptors (Lipinski definition) is 8. The number of ether oxygens (including phenoxy) is 3. The van der Waals surface area contributed by atoms with Crippen molar-refractivity contribution < 1.29 is 24.1 Å². The topological polar surface area (TPSA) is 112 Å². The molecule has 0 aliphatic carbocycles. The molecule has 0 fully saturated rings. The summed E-state index contributed by atoms with van der Waals surface area (Å²) in [6, 6.07) is 5.44. The van der Waals surface area contributed by atoms with Crippen molar-refractivity contribution in [2.75, 3.05) is 13.8 Å². The predicted molar refractivity (Wildman–Crippen MR) is 104 cm³/mol. The highest BCUT2D eigenvalue weighted by Gasteiger charge is 2.34. The number of carbonyl (C=O) groups is 1. The molecule has 1 unspecified atom stereocenters. The Bertz CT molecular complexity index is 1330. The van der Waals surface area contributed by atoms with Crippen LogP contribution in [-0.2, 0) is 29.2 Å². The molecule has 0 radical (unpaired) electrons. The molecule has 0 saturated carbocycles. The van der Waals surface area contributed by atoms with E-state index in [0.29, 0.717) is 41.5 Å². The molecule has 9 heteroatoms. The van der Waals surface area contributed by atoms with Gasteiger partial charge in [-0.15, -0.1) is 0 Å². The van der Waals surface area contributed by atoms with E-state index in [9.17, 15) is 14.7 Å². The molecular formula is C21H17N3O6. The van der Waals surface area contributed by atoms with Crippen LogP contribution in [0.2, 0.25) is 0 Å². The fraction of sp³-hybridized carbons (Fsp3) is 0.286. The quantitative estimate of drug-likeness (QED) is 0.473. The van der Waals surface area contributed by atoms with Gasteiger partial charge in [0, 0.05) is 29.1 Å². The third kappa shape index (κ3) is 2.21. The molecule has 2 aromatic heterocycles.